The van der Waals surface area contributed by atoms with Crippen LogP contribution in [0.5, 0.6) is 0 Å². The predicted octanol–water partition coefficient (Wildman–Crippen LogP) is 0.831. The number of rotatable bonds is 4. The van der Waals surface area contributed by atoms with Crippen LogP contribution in [0, 0.1) is 0 Å². The maximum atomic E-state index is 11.7. The standard InChI is InChI=1S/C12H17N3O/c1-15(2)8-7-13-11-9-5-3-4-6-10(9)14-12(11)16/h3-6,11,13H,7-8H2,1-2H3,(H,14,16). The van der Waals surface area contributed by atoms with Crippen molar-refractivity contribution in [3.05, 3.63) is 29.8 Å². The molecule has 86 valence electrons. The molecule has 1 aliphatic rings. The van der Waals surface area contributed by atoms with E-state index in [1.54, 1.807) is 0 Å². The molecule has 0 spiro atoms. The second-order valence-electron chi connectivity index (χ2n) is 4.27. The average Bonchev–Trinajstić information content (AvgIpc) is 2.55. The maximum Gasteiger partial charge on any atom is 0.246 e. The van der Waals surface area contributed by atoms with Gasteiger partial charge in [-0.2, -0.15) is 0 Å². The molecule has 1 aliphatic heterocycles. The second-order valence-corrected chi connectivity index (χ2v) is 4.27. The van der Waals surface area contributed by atoms with Crippen molar-refractivity contribution in [2.24, 2.45) is 0 Å². The van der Waals surface area contributed by atoms with Gasteiger partial charge in [0.25, 0.3) is 0 Å². The number of fused-ring (bicyclic) bond motifs is 1. The van der Waals surface area contributed by atoms with Crippen molar-refractivity contribution in [2.45, 2.75) is 6.04 Å². The molecular weight excluding hydrogens is 202 g/mol. The molecule has 0 saturated heterocycles. The van der Waals surface area contributed by atoms with E-state index in [0.717, 1.165) is 24.3 Å². The monoisotopic (exact) mass is 219 g/mol. The third-order valence-electron chi connectivity index (χ3n) is 2.70. The lowest BCUT2D eigenvalue weighted by Gasteiger charge is -2.14. The third-order valence-corrected chi connectivity index (χ3v) is 2.70. The van der Waals surface area contributed by atoms with Gasteiger partial charge < -0.3 is 15.5 Å². The van der Waals surface area contributed by atoms with Gasteiger partial charge in [-0.15, -0.1) is 0 Å². The highest BCUT2D eigenvalue weighted by Crippen LogP contribution is 2.29. The van der Waals surface area contributed by atoms with Gasteiger partial charge in [-0.1, -0.05) is 18.2 Å². The Morgan fingerprint density at radius 1 is 1.38 bits per heavy atom. The summed E-state index contributed by atoms with van der Waals surface area (Å²) in [7, 11) is 4.04. The number of para-hydroxylation sites is 1. The van der Waals surface area contributed by atoms with Gasteiger partial charge in [-0.05, 0) is 20.2 Å². The molecule has 0 radical (unpaired) electrons. The highest BCUT2D eigenvalue weighted by Gasteiger charge is 2.29. The van der Waals surface area contributed by atoms with Crippen LogP contribution in [0.1, 0.15) is 11.6 Å². The third kappa shape index (κ3) is 2.23. The summed E-state index contributed by atoms with van der Waals surface area (Å²) in [4.78, 5) is 13.8. The number of carbonyl (C=O) groups excluding carboxylic acids is 1. The molecule has 2 rings (SSSR count). The first-order valence-electron chi connectivity index (χ1n) is 5.46. The minimum atomic E-state index is -0.198. The van der Waals surface area contributed by atoms with Crippen LogP contribution in [-0.4, -0.2) is 38.0 Å². The number of hydrogen-bond donors (Lipinski definition) is 2. The fourth-order valence-electron chi connectivity index (χ4n) is 1.84. The fourth-order valence-corrected chi connectivity index (χ4v) is 1.84. The van der Waals surface area contributed by atoms with Crippen molar-refractivity contribution in [3.63, 3.8) is 0 Å². The smallest absolute Gasteiger partial charge is 0.246 e. The zero-order valence-corrected chi connectivity index (χ0v) is 9.66. The average molecular weight is 219 g/mol. The van der Waals surface area contributed by atoms with E-state index in [2.05, 4.69) is 15.5 Å². The Hall–Kier alpha value is -1.39. The van der Waals surface area contributed by atoms with Crippen LogP contribution in [-0.2, 0) is 4.79 Å². The largest absolute Gasteiger partial charge is 0.324 e. The predicted molar refractivity (Wildman–Crippen MR) is 64.4 cm³/mol. The molecular formula is C12H17N3O. The zero-order valence-electron chi connectivity index (χ0n) is 9.66. The van der Waals surface area contributed by atoms with E-state index >= 15 is 0 Å². The number of nitrogens with zero attached hydrogens (tertiary/aromatic N) is 1. The van der Waals surface area contributed by atoms with Crippen molar-refractivity contribution < 1.29 is 4.79 Å². The van der Waals surface area contributed by atoms with E-state index < -0.39 is 0 Å². The molecule has 1 aromatic rings. The van der Waals surface area contributed by atoms with Crippen LogP contribution in [0.4, 0.5) is 5.69 Å². The number of benzene rings is 1. The SMILES string of the molecule is CN(C)CCNC1C(=O)Nc2ccccc21. The van der Waals surface area contributed by atoms with Gasteiger partial charge in [-0.25, -0.2) is 0 Å². The quantitative estimate of drug-likeness (QED) is 0.788. The summed E-state index contributed by atoms with van der Waals surface area (Å²) >= 11 is 0. The molecule has 1 heterocycles. The van der Waals surface area contributed by atoms with Crippen LogP contribution in [0.2, 0.25) is 0 Å². The topological polar surface area (TPSA) is 44.4 Å². The summed E-state index contributed by atoms with van der Waals surface area (Å²) in [5.41, 5.74) is 1.97. The van der Waals surface area contributed by atoms with Crippen molar-refractivity contribution in [1.29, 1.82) is 0 Å². The molecule has 2 N–H and O–H groups in total. The summed E-state index contributed by atoms with van der Waals surface area (Å²) in [6.45, 7) is 1.73. The molecule has 0 saturated carbocycles. The van der Waals surface area contributed by atoms with E-state index in [0.29, 0.717) is 0 Å². The fraction of sp³-hybridized carbons (Fsp3) is 0.417. The summed E-state index contributed by atoms with van der Waals surface area (Å²) in [5, 5.41) is 6.14. The summed E-state index contributed by atoms with van der Waals surface area (Å²) < 4.78 is 0. The molecule has 0 fully saturated rings. The summed E-state index contributed by atoms with van der Waals surface area (Å²) in [6.07, 6.45) is 0. The molecule has 4 heteroatoms. The van der Waals surface area contributed by atoms with E-state index in [4.69, 9.17) is 0 Å². The van der Waals surface area contributed by atoms with Crippen molar-refractivity contribution in [2.75, 3.05) is 32.5 Å². The molecule has 0 bridgehead atoms. The van der Waals surface area contributed by atoms with Gasteiger partial charge in [0.2, 0.25) is 5.91 Å². The maximum absolute atomic E-state index is 11.7. The zero-order chi connectivity index (χ0) is 11.5. The van der Waals surface area contributed by atoms with Crippen molar-refractivity contribution >= 4 is 11.6 Å². The Kier molecular flexibility index (Phi) is 3.22. The first-order valence-corrected chi connectivity index (χ1v) is 5.46. The lowest BCUT2D eigenvalue weighted by Crippen LogP contribution is -2.33. The lowest BCUT2D eigenvalue weighted by molar-refractivity contribution is -0.117. The van der Waals surface area contributed by atoms with Crippen LogP contribution < -0.4 is 10.6 Å². The molecule has 16 heavy (non-hydrogen) atoms. The van der Waals surface area contributed by atoms with E-state index in [9.17, 15) is 4.79 Å². The molecule has 1 amide bonds. The van der Waals surface area contributed by atoms with Gasteiger partial charge in [0.1, 0.15) is 6.04 Å². The first-order chi connectivity index (χ1) is 7.68. The van der Waals surface area contributed by atoms with Crippen molar-refractivity contribution in [3.8, 4) is 0 Å². The highest BCUT2D eigenvalue weighted by atomic mass is 16.2. The molecule has 0 aromatic heterocycles. The number of carbonyl (C=O) groups is 1. The molecule has 0 aliphatic carbocycles. The van der Waals surface area contributed by atoms with Gasteiger partial charge in [0.15, 0.2) is 0 Å². The normalized spacial score (nSPS) is 18.7. The molecule has 4 nitrogen and oxygen atoms in total. The molecule has 1 unspecified atom stereocenters. The Balaban J connectivity index is 2.02. The molecule has 1 atom stereocenters. The van der Waals surface area contributed by atoms with Crippen LogP contribution in [0.3, 0.4) is 0 Å². The van der Waals surface area contributed by atoms with Gasteiger partial charge in [0.05, 0.1) is 0 Å². The van der Waals surface area contributed by atoms with E-state index in [1.807, 2.05) is 38.4 Å². The molecule has 1 aromatic carbocycles. The van der Waals surface area contributed by atoms with Crippen LogP contribution in [0.15, 0.2) is 24.3 Å². The lowest BCUT2D eigenvalue weighted by atomic mass is 10.1. The van der Waals surface area contributed by atoms with Crippen LogP contribution in [0.25, 0.3) is 0 Å². The Bertz CT molecular complexity index is 390. The Morgan fingerprint density at radius 3 is 2.88 bits per heavy atom. The second kappa shape index (κ2) is 4.63. The van der Waals surface area contributed by atoms with E-state index in [-0.39, 0.29) is 11.9 Å². The highest BCUT2D eigenvalue weighted by molar-refractivity contribution is 6.02. The Labute approximate surface area is 95.6 Å². The van der Waals surface area contributed by atoms with E-state index in [1.165, 1.54) is 0 Å². The number of hydrogen-bond acceptors (Lipinski definition) is 3. The first kappa shape index (κ1) is 11.1. The minimum Gasteiger partial charge on any atom is -0.324 e. The van der Waals surface area contributed by atoms with Crippen LogP contribution >= 0.6 is 0 Å². The number of anilines is 1. The number of amides is 1. The van der Waals surface area contributed by atoms with Gasteiger partial charge >= 0.3 is 0 Å². The van der Waals surface area contributed by atoms with Gasteiger partial charge in [-0.3, -0.25) is 4.79 Å². The minimum absolute atomic E-state index is 0.0416. The number of likely N-dealkylation sites (N-methyl/N-ethyl adjacent to an activating group) is 1. The number of nitrogens with one attached hydrogen (secondary N) is 2. The summed E-state index contributed by atoms with van der Waals surface area (Å²) in [6, 6.07) is 7.61. The summed E-state index contributed by atoms with van der Waals surface area (Å²) in [5.74, 6) is 0.0416. The Morgan fingerprint density at radius 2 is 2.12 bits per heavy atom. The van der Waals surface area contributed by atoms with Crippen molar-refractivity contribution in [1.82, 2.24) is 10.2 Å². The van der Waals surface area contributed by atoms with Gasteiger partial charge in [0, 0.05) is 24.3 Å².